The van der Waals surface area contributed by atoms with E-state index in [2.05, 4.69) is 14.6 Å². The molecule has 3 N–H and O–H groups in total. The van der Waals surface area contributed by atoms with Gasteiger partial charge >= 0.3 is 13.8 Å². The van der Waals surface area contributed by atoms with E-state index in [0.717, 1.165) is 24.2 Å². The Morgan fingerprint density at radius 1 is 1.00 bits per heavy atom. The quantitative estimate of drug-likeness (QED) is 0.192. The van der Waals surface area contributed by atoms with Crippen LogP contribution in [0.4, 0.5) is 8.78 Å². The summed E-state index contributed by atoms with van der Waals surface area (Å²) in [6, 6.07) is 17.0. The van der Waals surface area contributed by atoms with E-state index in [9.17, 15) is 31.5 Å². The maximum atomic E-state index is 12.9. The van der Waals surface area contributed by atoms with E-state index in [0.29, 0.717) is 18.5 Å². The molecule has 0 fully saturated rings. The van der Waals surface area contributed by atoms with Crippen LogP contribution in [0, 0.1) is 0 Å². The molecule has 1 aromatic heterocycles. The Bertz CT molecular complexity index is 1290. The fourth-order valence-electron chi connectivity index (χ4n) is 3.40. The Labute approximate surface area is 218 Å². The number of alkyl halides is 2. The first-order chi connectivity index (χ1) is 17.6. The molecule has 8 nitrogen and oxygen atoms in total. The summed E-state index contributed by atoms with van der Waals surface area (Å²) in [5, 5.41) is 4.38. The number of rotatable bonds is 14. The van der Waals surface area contributed by atoms with Crippen LogP contribution in [-0.4, -0.2) is 38.0 Å². The van der Waals surface area contributed by atoms with Crippen LogP contribution in [0.3, 0.4) is 0 Å². The van der Waals surface area contributed by atoms with Gasteiger partial charge in [-0.15, -0.1) is 11.3 Å². The number of sulfonamides is 1. The summed E-state index contributed by atoms with van der Waals surface area (Å²) in [7, 11) is -9.09. The molecule has 0 bridgehead atoms. The molecule has 3 aromatic rings. The maximum absolute atomic E-state index is 12.9. The molecule has 1 unspecified atom stereocenters. The number of carbonyl (C=O) groups is 1. The zero-order valence-corrected chi connectivity index (χ0v) is 22.2. The molecule has 0 saturated carbocycles. The molecule has 0 spiro atoms. The van der Waals surface area contributed by atoms with E-state index in [1.165, 1.54) is 35.9 Å². The average Bonchev–Trinajstić information content (AvgIpc) is 3.41. The van der Waals surface area contributed by atoms with Crippen LogP contribution < -0.4 is 14.6 Å². The molecule has 1 heterocycles. The minimum atomic E-state index is -5.13. The minimum absolute atomic E-state index is 0.0492. The molecule has 1 amide bonds. The molecule has 200 valence electrons. The van der Waals surface area contributed by atoms with Crippen LogP contribution in [0.2, 0.25) is 0 Å². The standard InChI is InChI=1S/C24H27F2N2O6PS2/c25-24(26)35(30,31)34-20-13-11-19(12-14-20)17-21(28-37(32,33)22-10-6-16-36-22)23(29)27-15-5-4-9-18-7-2-1-3-8-18/h1-3,6-8,10-14,16,21,24,28H,4-5,9,15,17H2,(H,27,29)(H,30,31)/t21-/m0/s1. The SMILES string of the molecule is O=C(NCCCCc1ccccc1)[C@H](Cc1ccc(OP(=O)(O)C(F)F)cc1)NS(=O)(=O)c1cccs1. The van der Waals surface area contributed by atoms with Gasteiger partial charge in [0.2, 0.25) is 5.91 Å². The van der Waals surface area contributed by atoms with Gasteiger partial charge in [0.05, 0.1) is 0 Å². The van der Waals surface area contributed by atoms with Crippen molar-refractivity contribution in [3.8, 4) is 5.75 Å². The van der Waals surface area contributed by atoms with E-state index >= 15 is 0 Å². The molecule has 0 aliphatic heterocycles. The molecule has 0 radical (unpaired) electrons. The third kappa shape index (κ3) is 9.01. The van der Waals surface area contributed by atoms with Gasteiger partial charge in [0.25, 0.3) is 10.0 Å². The fourth-order valence-corrected chi connectivity index (χ4v) is 6.10. The maximum Gasteiger partial charge on any atom is 0.442 e. The largest absolute Gasteiger partial charge is 0.442 e. The minimum Gasteiger partial charge on any atom is -0.421 e. The number of aryl methyl sites for hydroxylation is 1. The number of hydrogen-bond donors (Lipinski definition) is 3. The molecular weight excluding hydrogens is 545 g/mol. The highest BCUT2D eigenvalue weighted by molar-refractivity contribution is 7.91. The smallest absolute Gasteiger partial charge is 0.421 e. The topological polar surface area (TPSA) is 122 Å². The van der Waals surface area contributed by atoms with Crippen LogP contribution in [0.15, 0.2) is 76.3 Å². The number of unbranched alkanes of at least 4 members (excludes halogenated alkanes) is 1. The van der Waals surface area contributed by atoms with Crippen LogP contribution in [-0.2, 0) is 32.2 Å². The number of nitrogens with one attached hydrogen (secondary N) is 2. The Hall–Kier alpha value is -2.63. The predicted molar refractivity (Wildman–Crippen MR) is 137 cm³/mol. The van der Waals surface area contributed by atoms with Crippen molar-refractivity contribution in [1.82, 2.24) is 10.0 Å². The van der Waals surface area contributed by atoms with Gasteiger partial charge in [-0.2, -0.15) is 13.5 Å². The van der Waals surface area contributed by atoms with Gasteiger partial charge in [-0.05, 0) is 60.4 Å². The normalized spacial score (nSPS) is 14.2. The van der Waals surface area contributed by atoms with Crippen LogP contribution in [0.25, 0.3) is 0 Å². The van der Waals surface area contributed by atoms with Gasteiger partial charge in [0, 0.05) is 6.54 Å². The van der Waals surface area contributed by atoms with Gasteiger partial charge in [-0.25, -0.2) is 13.0 Å². The van der Waals surface area contributed by atoms with Crippen molar-refractivity contribution in [3.63, 3.8) is 0 Å². The Morgan fingerprint density at radius 2 is 1.70 bits per heavy atom. The van der Waals surface area contributed by atoms with Crippen molar-refractivity contribution in [2.45, 2.75) is 42.1 Å². The Balaban J connectivity index is 1.64. The Morgan fingerprint density at radius 3 is 2.32 bits per heavy atom. The molecule has 13 heteroatoms. The van der Waals surface area contributed by atoms with Gasteiger partial charge in [0.15, 0.2) is 0 Å². The molecule has 2 aromatic carbocycles. The lowest BCUT2D eigenvalue weighted by atomic mass is 10.1. The summed E-state index contributed by atoms with van der Waals surface area (Å²) in [6.45, 7) is 0.356. The number of halogens is 2. The number of amides is 1. The fraction of sp³-hybridized carbons (Fsp3) is 0.292. The second-order valence-electron chi connectivity index (χ2n) is 8.12. The molecule has 0 aliphatic carbocycles. The third-order valence-corrected chi connectivity index (χ3v) is 9.09. The van der Waals surface area contributed by atoms with E-state index in [-0.39, 0.29) is 16.4 Å². The van der Waals surface area contributed by atoms with Crippen molar-refractivity contribution >= 4 is 34.9 Å². The summed E-state index contributed by atoms with van der Waals surface area (Å²) in [5.41, 5.74) is 1.67. The summed E-state index contributed by atoms with van der Waals surface area (Å²) < 4.78 is 69.1. The van der Waals surface area contributed by atoms with Crippen molar-refractivity contribution < 1.29 is 36.0 Å². The first-order valence-corrected chi connectivity index (χ1v) is 15.3. The number of benzene rings is 2. The van der Waals surface area contributed by atoms with Gasteiger partial charge < -0.3 is 14.7 Å². The van der Waals surface area contributed by atoms with Crippen LogP contribution in [0.5, 0.6) is 5.75 Å². The Kier molecular flexibility index (Phi) is 10.4. The average molecular weight is 573 g/mol. The lowest BCUT2D eigenvalue weighted by Gasteiger charge is -2.19. The zero-order chi connectivity index (χ0) is 26.9. The highest BCUT2D eigenvalue weighted by atomic mass is 32.2. The second-order valence-corrected chi connectivity index (χ2v) is 12.7. The highest BCUT2D eigenvalue weighted by Gasteiger charge is 2.34. The molecule has 3 rings (SSSR count). The lowest BCUT2D eigenvalue weighted by Crippen LogP contribution is -2.48. The zero-order valence-electron chi connectivity index (χ0n) is 19.6. The first kappa shape index (κ1) is 28.9. The van der Waals surface area contributed by atoms with Crippen LogP contribution in [0.1, 0.15) is 24.0 Å². The number of carbonyl (C=O) groups excluding carboxylic acids is 1. The molecule has 0 aliphatic rings. The number of thiophene rings is 1. The lowest BCUT2D eigenvalue weighted by molar-refractivity contribution is -0.122. The van der Waals surface area contributed by atoms with E-state index < -0.39 is 35.7 Å². The van der Waals surface area contributed by atoms with Crippen molar-refractivity contribution in [2.24, 2.45) is 0 Å². The van der Waals surface area contributed by atoms with Crippen molar-refractivity contribution in [2.75, 3.05) is 6.54 Å². The van der Waals surface area contributed by atoms with Gasteiger partial charge in [-0.3, -0.25) is 4.79 Å². The van der Waals surface area contributed by atoms with Crippen LogP contribution >= 0.6 is 18.9 Å². The molecule has 37 heavy (non-hydrogen) atoms. The van der Waals surface area contributed by atoms with Crippen molar-refractivity contribution in [1.29, 1.82) is 0 Å². The van der Waals surface area contributed by atoms with E-state index in [1.807, 2.05) is 30.3 Å². The first-order valence-electron chi connectivity index (χ1n) is 11.3. The van der Waals surface area contributed by atoms with Gasteiger partial charge in [0.1, 0.15) is 16.0 Å². The summed E-state index contributed by atoms with van der Waals surface area (Å²) in [5.74, 6) is -0.772. The summed E-state index contributed by atoms with van der Waals surface area (Å²) >= 11 is 1.01. The second kappa shape index (κ2) is 13.3. The molecule has 2 atom stereocenters. The molecule has 0 saturated heterocycles. The van der Waals surface area contributed by atoms with Crippen molar-refractivity contribution in [3.05, 3.63) is 83.2 Å². The predicted octanol–water partition coefficient (Wildman–Crippen LogP) is 4.56. The highest BCUT2D eigenvalue weighted by Crippen LogP contribution is 2.48. The van der Waals surface area contributed by atoms with E-state index in [4.69, 9.17) is 0 Å². The van der Waals surface area contributed by atoms with Gasteiger partial charge in [-0.1, -0.05) is 48.5 Å². The van der Waals surface area contributed by atoms with E-state index in [1.54, 1.807) is 11.4 Å². The summed E-state index contributed by atoms with van der Waals surface area (Å²) in [4.78, 5) is 22.1. The summed E-state index contributed by atoms with van der Waals surface area (Å²) in [6.07, 6.45) is -1.22. The third-order valence-electron chi connectivity index (χ3n) is 5.25. The number of hydrogen-bond acceptors (Lipinski definition) is 6. The monoisotopic (exact) mass is 572 g/mol. The molecular formula is C24H27F2N2O6PS2.